The number of hydrogen-bond acceptors (Lipinski definition) is 5. The molecule has 1 atom stereocenters. The van der Waals surface area contributed by atoms with Crippen LogP contribution in [0.1, 0.15) is 50.3 Å². The maximum atomic E-state index is 14.4. The lowest BCUT2D eigenvalue weighted by Crippen LogP contribution is -2.46. The van der Waals surface area contributed by atoms with Crippen LogP contribution < -0.4 is 15.8 Å². The van der Waals surface area contributed by atoms with Crippen molar-refractivity contribution in [2.45, 2.75) is 44.8 Å². The van der Waals surface area contributed by atoms with Gasteiger partial charge in [0.1, 0.15) is 11.9 Å². The summed E-state index contributed by atoms with van der Waals surface area (Å²) in [5.41, 5.74) is 8.47. The van der Waals surface area contributed by atoms with E-state index in [1.165, 1.54) is 37.8 Å². The molecule has 0 bridgehead atoms. The third kappa shape index (κ3) is 4.29. The zero-order chi connectivity index (χ0) is 23.2. The number of ether oxygens (including phenoxy) is 1. The SMILES string of the molecule is C[C@@H](Oc1cc(-c2cnn(C3CC4(CCNCC4)C3)c2)cnc1N)c1c(F)ccc(Cl)c1Cl. The molecule has 1 saturated carbocycles. The van der Waals surface area contributed by atoms with Crippen LogP contribution in [0.2, 0.25) is 10.0 Å². The number of pyridine rings is 1. The Morgan fingerprint density at radius 2 is 1.97 bits per heavy atom. The maximum Gasteiger partial charge on any atom is 0.166 e. The fourth-order valence-electron chi connectivity index (χ4n) is 5.05. The van der Waals surface area contributed by atoms with Crippen LogP contribution in [0.4, 0.5) is 10.2 Å². The van der Waals surface area contributed by atoms with Crippen molar-refractivity contribution < 1.29 is 9.13 Å². The van der Waals surface area contributed by atoms with Crippen LogP contribution in [0.3, 0.4) is 0 Å². The van der Waals surface area contributed by atoms with Crippen LogP contribution in [0, 0.1) is 11.2 Å². The van der Waals surface area contributed by atoms with E-state index in [1.54, 1.807) is 19.2 Å². The smallest absolute Gasteiger partial charge is 0.166 e. The predicted molar refractivity (Wildman–Crippen MR) is 128 cm³/mol. The van der Waals surface area contributed by atoms with Gasteiger partial charge in [0.15, 0.2) is 11.6 Å². The lowest BCUT2D eigenvalue weighted by molar-refractivity contribution is 0.0230. The largest absolute Gasteiger partial charge is 0.482 e. The Labute approximate surface area is 202 Å². The summed E-state index contributed by atoms with van der Waals surface area (Å²) >= 11 is 12.3. The molecule has 0 amide bonds. The van der Waals surface area contributed by atoms with E-state index in [0.29, 0.717) is 17.2 Å². The molecule has 1 spiro atoms. The number of piperidine rings is 1. The molecule has 3 heterocycles. The highest BCUT2D eigenvalue weighted by atomic mass is 35.5. The van der Waals surface area contributed by atoms with Crippen LogP contribution in [-0.4, -0.2) is 27.9 Å². The topological polar surface area (TPSA) is 78.0 Å². The minimum absolute atomic E-state index is 0.125. The molecule has 1 aliphatic carbocycles. The standard InChI is InChI=1S/C24H26Cl2FN5O/c1-14(21-19(27)3-2-18(25)22(21)26)33-20-8-15(11-30-23(20)28)16-12-31-32(13-16)17-9-24(10-17)4-6-29-7-5-24/h2-3,8,11-14,17,29H,4-7,9-10H2,1H3,(H2,28,30)/t14-/m1/s1. The van der Waals surface area contributed by atoms with E-state index < -0.39 is 11.9 Å². The molecule has 5 rings (SSSR count). The molecule has 0 unspecified atom stereocenters. The van der Waals surface area contributed by atoms with Gasteiger partial charge in [-0.15, -0.1) is 0 Å². The maximum absolute atomic E-state index is 14.4. The first-order chi connectivity index (χ1) is 15.8. The summed E-state index contributed by atoms with van der Waals surface area (Å²) in [4.78, 5) is 4.28. The summed E-state index contributed by atoms with van der Waals surface area (Å²) in [7, 11) is 0. The number of nitrogen functional groups attached to an aromatic ring is 1. The first-order valence-electron chi connectivity index (χ1n) is 11.2. The zero-order valence-corrected chi connectivity index (χ0v) is 19.8. The first kappa shape index (κ1) is 22.4. The number of halogens is 3. The zero-order valence-electron chi connectivity index (χ0n) is 18.3. The van der Waals surface area contributed by atoms with Gasteiger partial charge in [-0.25, -0.2) is 9.37 Å². The average molecular weight is 490 g/mol. The molecule has 1 saturated heterocycles. The summed E-state index contributed by atoms with van der Waals surface area (Å²) in [6, 6.07) is 4.91. The number of nitrogens with zero attached hydrogens (tertiary/aromatic N) is 3. The number of nitrogens with two attached hydrogens (primary N) is 1. The van der Waals surface area contributed by atoms with Gasteiger partial charge in [0.05, 0.1) is 22.3 Å². The average Bonchev–Trinajstić information content (AvgIpc) is 3.27. The molecule has 2 aliphatic rings. The summed E-state index contributed by atoms with van der Waals surface area (Å²) in [5, 5.41) is 8.44. The second-order valence-corrected chi connectivity index (χ2v) is 9.93. The summed E-state index contributed by atoms with van der Waals surface area (Å²) in [6.45, 7) is 3.91. The number of nitrogens with one attached hydrogen (secondary N) is 1. The Bertz CT molecular complexity index is 1170. The minimum Gasteiger partial charge on any atom is -0.482 e. The highest BCUT2D eigenvalue weighted by Crippen LogP contribution is 2.53. The van der Waals surface area contributed by atoms with Crippen molar-refractivity contribution in [2.75, 3.05) is 18.8 Å². The predicted octanol–water partition coefficient (Wildman–Crippen LogP) is 5.82. The lowest BCUT2D eigenvalue weighted by atomic mass is 9.60. The van der Waals surface area contributed by atoms with E-state index in [0.717, 1.165) is 24.2 Å². The van der Waals surface area contributed by atoms with Gasteiger partial charge in [-0.3, -0.25) is 4.68 Å². The van der Waals surface area contributed by atoms with Crippen LogP contribution in [0.5, 0.6) is 5.75 Å². The highest BCUT2D eigenvalue weighted by Gasteiger charge is 2.45. The normalized spacial score (nSPS) is 18.8. The van der Waals surface area contributed by atoms with E-state index in [9.17, 15) is 4.39 Å². The molecule has 174 valence electrons. The third-order valence-electron chi connectivity index (χ3n) is 6.98. The highest BCUT2D eigenvalue weighted by molar-refractivity contribution is 6.42. The Balaban J connectivity index is 1.33. The molecule has 2 aromatic heterocycles. The summed E-state index contributed by atoms with van der Waals surface area (Å²) in [5.74, 6) is 0.0665. The second-order valence-electron chi connectivity index (χ2n) is 9.15. The number of rotatable bonds is 5. The summed E-state index contributed by atoms with van der Waals surface area (Å²) in [6.07, 6.45) is 9.70. The Morgan fingerprint density at radius 1 is 1.21 bits per heavy atom. The van der Waals surface area contributed by atoms with Crippen molar-refractivity contribution in [2.24, 2.45) is 5.41 Å². The third-order valence-corrected chi connectivity index (χ3v) is 7.80. The molecule has 3 aromatic rings. The lowest BCUT2D eigenvalue weighted by Gasteiger charge is -2.50. The van der Waals surface area contributed by atoms with Crippen molar-refractivity contribution in [1.29, 1.82) is 0 Å². The molecule has 33 heavy (non-hydrogen) atoms. The van der Waals surface area contributed by atoms with E-state index in [4.69, 9.17) is 33.7 Å². The van der Waals surface area contributed by atoms with Gasteiger partial charge in [0.2, 0.25) is 0 Å². The molecule has 9 heteroatoms. The van der Waals surface area contributed by atoms with E-state index in [-0.39, 0.29) is 21.4 Å². The van der Waals surface area contributed by atoms with E-state index in [1.807, 2.05) is 12.4 Å². The Morgan fingerprint density at radius 3 is 2.73 bits per heavy atom. The second kappa shape index (κ2) is 8.78. The number of anilines is 1. The van der Waals surface area contributed by atoms with Gasteiger partial charge in [0, 0.05) is 29.1 Å². The monoisotopic (exact) mass is 489 g/mol. The molecule has 6 nitrogen and oxygen atoms in total. The van der Waals surface area contributed by atoms with Crippen molar-refractivity contribution >= 4 is 29.0 Å². The molecule has 0 radical (unpaired) electrons. The number of aromatic nitrogens is 3. The van der Waals surface area contributed by atoms with E-state index in [2.05, 4.69) is 20.1 Å². The summed E-state index contributed by atoms with van der Waals surface area (Å²) < 4.78 is 22.4. The fraction of sp³-hybridized carbons (Fsp3) is 0.417. The molecular formula is C24H26Cl2FN5O. The van der Waals surface area contributed by atoms with Crippen molar-refractivity contribution in [3.8, 4) is 16.9 Å². The van der Waals surface area contributed by atoms with Crippen molar-refractivity contribution in [1.82, 2.24) is 20.1 Å². The number of hydrogen-bond donors (Lipinski definition) is 2. The van der Waals surface area contributed by atoms with Gasteiger partial charge in [-0.2, -0.15) is 5.10 Å². The van der Waals surface area contributed by atoms with Crippen LogP contribution >= 0.6 is 23.2 Å². The fourth-order valence-corrected chi connectivity index (χ4v) is 5.52. The van der Waals surface area contributed by atoms with Crippen LogP contribution in [0.15, 0.2) is 36.8 Å². The Hall–Kier alpha value is -2.35. The molecule has 1 aromatic carbocycles. The molecule has 1 aliphatic heterocycles. The van der Waals surface area contributed by atoms with Gasteiger partial charge in [0.25, 0.3) is 0 Å². The van der Waals surface area contributed by atoms with Crippen molar-refractivity contribution in [3.63, 3.8) is 0 Å². The van der Waals surface area contributed by atoms with Gasteiger partial charge in [-0.1, -0.05) is 23.2 Å². The van der Waals surface area contributed by atoms with Gasteiger partial charge in [-0.05, 0) is 69.3 Å². The molecule has 3 N–H and O–H groups in total. The van der Waals surface area contributed by atoms with Gasteiger partial charge >= 0.3 is 0 Å². The number of benzene rings is 1. The van der Waals surface area contributed by atoms with Crippen molar-refractivity contribution in [3.05, 3.63) is 58.2 Å². The molecule has 2 fully saturated rings. The van der Waals surface area contributed by atoms with Crippen LogP contribution in [-0.2, 0) is 0 Å². The molecular weight excluding hydrogens is 464 g/mol. The van der Waals surface area contributed by atoms with Crippen LogP contribution in [0.25, 0.3) is 11.1 Å². The quantitative estimate of drug-likeness (QED) is 0.441. The Kier molecular flexibility index (Phi) is 5.97. The minimum atomic E-state index is -0.713. The van der Waals surface area contributed by atoms with E-state index >= 15 is 0 Å². The van der Waals surface area contributed by atoms with Gasteiger partial charge < -0.3 is 15.8 Å². The first-order valence-corrected chi connectivity index (χ1v) is 11.9.